The zero-order valence-electron chi connectivity index (χ0n) is 10.2. The molecule has 92 valence electrons. The molecule has 0 bridgehead atoms. The van der Waals surface area contributed by atoms with Crippen molar-refractivity contribution in [3.8, 4) is 0 Å². The lowest BCUT2D eigenvalue weighted by Gasteiger charge is -2.15. The molecule has 1 aromatic heterocycles. The average molecular weight is 242 g/mol. The van der Waals surface area contributed by atoms with Crippen molar-refractivity contribution < 1.29 is 4.42 Å². The summed E-state index contributed by atoms with van der Waals surface area (Å²) in [6.45, 7) is 8.12. The largest absolute Gasteiger partial charge is 0.464 e. The molecule has 1 rings (SSSR count). The number of rotatable bonds is 8. The van der Waals surface area contributed by atoms with E-state index in [1.54, 1.807) is 0 Å². The van der Waals surface area contributed by atoms with Crippen LogP contribution in [0.2, 0.25) is 0 Å². The number of hydrogen-bond donors (Lipinski definition) is 1. The van der Waals surface area contributed by atoms with Gasteiger partial charge in [0.2, 0.25) is 0 Å². The molecule has 0 unspecified atom stereocenters. The molecule has 0 fully saturated rings. The Bertz CT molecular complexity index is 284. The molecule has 0 aliphatic rings. The third-order valence-electron chi connectivity index (χ3n) is 2.50. The van der Waals surface area contributed by atoms with Crippen molar-refractivity contribution in [2.45, 2.75) is 26.1 Å². The summed E-state index contributed by atoms with van der Waals surface area (Å²) in [5.74, 6) is 4.04. The summed E-state index contributed by atoms with van der Waals surface area (Å²) in [7, 11) is 0. The van der Waals surface area contributed by atoms with Crippen LogP contribution in [0.1, 0.15) is 25.4 Å². The van der Waals surface area contributed by atoms with E-state index in [2.05, 4.69) is 30.9 Å². The first-order valence-electron chi connectivity index (χ1n) is 5.87. The third kappa shape index (κ3) is 4.60. The first kappa shape index (κ1) is 13.6. The summed E-state index contributed by atoms with van der Waals surface area (Å²) >= 11 is 1.82. The minimum absolute atomic E-state index is 0.734. The van der Waals surface area contributed by atoms with Crippen LogP contribution >= 0.6 is 11.8 Å². The Morgan fingerprint density at radius 3 is 2.56 bits per heavy atom. The minimum atomic E-state index is 0.734. The Balaban J connectivity index is 2.38. The molecule has 0 aliphatic carbocycles. The van der Waals surface area contributed by atoms with E-state index in [4.69, 9.17) is 10.2 Å². The highest BCUT2D eigenvalue weighted by Crippen LogP contribution is 2.16. The SMILES string of the molecule is CCN(CC)Cc1ccc(CSCCN)o1. The van der Waals surface area contributed by atoms with Crippen molar-refractivity contribution in [2.75, 3.05) is 25.4 Å². The van der Waals surface area contributed by atoms with Crippen LogP contribution in [-0.4, -0.2) is 30.3 Å². The molecule has 1 aromatic rings. The predicted octanol–water partition coefficient (Wildman–Crippen LogP) is 2.31. The summed E-state index contributed by atoms with van der Waals surface area (Å²) in [5.41, 5.74) is 5.44. The van der Waals surface area contributed by atoms with E-state index in [1.807, 2.05) is 11.8 Å². The molecule has 0 atom stereocenters. The van der Waals surface area contributed by atoms with E-state index in [9.17, 15) is 0 Å². The molecule has 0 saturated heterocycles. The lowest BCUT2D eigenvalue weighted by Crippen LogP contribution is -2.21. The normalized spacial score (nSPS) is 11.2. The fraction of sp³-hybridized carbons (Fsp3) is 0.667. The molecule has 0 aromatic carbocycles. The van der Waals surface area contributed by atoms with E-state index >= 15 is 0 Å². The maximum Gasteiger partial charge on any atom is 0.118 e. The Morgan fingerprint density at radius 1 is 1.25 bits per heavy atom. The van der Waals surface area contributed by atoms with Gasteiger partial charge in [-0.15, -0.1) is 0 Å². The molecule has 2 N–H and O–H groups in total. The quantitative estimate of drug-likeness (QED) is 0.710. The van der Waals surface area contributed by atoms with Crippen LogP contribution in [-0.2, 0) is 12.3 Å². The van der Waals surface area contributed by atoms with Crippen LogP contribution in [0.4, 0.5) is 0 Å². The van der Waals surface area contributed by atoms with Crippen molar-refractivity contribution >= 4 is 11.8 Å². The van der Waals surface area contributed by atoms with E-state index in [0.29, 0.717) is 0 Å². The van der Waals surface area contributed by atoms with E-state index in [-0.39, 0.29) is 0 Å². The van der Waals surface area contributed by atoms with E-state index < -0.39 is 0 Å². The smallest absolute Gasteiger partial charge is 0.118 e. The molecule has 16 heavy (non-hydrogen) atoms. The highest BCUT2D eigenvalue weighted by molar-refractivity contribution is 7.98. The molecule has 0 aliphatic heterocycles. The first-order valence-corrected chi connectivity index (χ1v) is 7.03. The van der Waals surface area contributed by atoms with Gasteiger partial charge in [-0.3, -0.25) is 4.90 Å². The number of hydrogen-bond acceptors (Lipinski definition) is 4. The van der Waals surface area contributed by atoms with Gasteiger partial charge in [0, 0.05) is 12.3 Å². The lowest BCUT2D eigenvalue weighted by molar-refractivity contribution is 0.266. The van der Waals surface area contributed by atoms with Crippen LogP contribution < -0.4 is 5.73 Å². The van der Waals surface area contributed by atoms with Gasteiger partial charge in [0.25, 0.3) is 0 Å². The Labute approximate surface area is 102 Å². The standard InChI is InChI=1S/C12H22N2OS/c1-3-14(4-2)9-11-5-6-12(15-11)10-16-8-7-13/h5-6H,3-4,7-10,13H2,1-2H3. The zero-order chi connectivity index (χ0) is 11.8. The third-order valence-corrected chi connectivity index (χ3v) is 3.51. The van der Waals surface area contributed by atoms with Gasteiger partial charge in [-0.1, -0.05) is 13.8 Å². The Morgan fingerprint density at radius 2 is 1.94 bits per heavy atom. The summed E-state index contributed by atoms with van der Waals surface area (Å²) in [6.07, 6.45) is 0. The van der Waals surface area contributed by atoms with Crippen molar-refractivity contribution in [3.63, 3.8) is 0 Å². The van der Waals surface area contributed by atoms with Crippen LogP contribution in [0.25, 0.3) is 0 Å². The molecular formula is C12H22N2OS. The number of nitrogens with zero attached hydrogens (tertiary/aromatic N) is 1. The molecular weight excluding hydrogens is 220 g/mol. The van der Waals surface area contributed by atoms with Crippen molar-refractivity contribution in [1.29, 1.82) is 0 Å². The molecule has 1 heterocycles. The minimum Gasteiger partial charge on any atom is -0.464 e. The van der Waals surface area contributed by atoms with Crippen LogP contribution in [0.3, 0.4) is 0 Å². The predicted molar refractivity (Wildman–Crippen MR) is 70.5 cm³/mol. The van der Waals surface area contributed by atoms with Gasteiger partial charge < -0.3 is 10.2 Å². The molecule has 0 saturated carbocycles. The van der Waals surface area contributed by atoms with E-state index in [1.165, 1.54) is 0 Å². The van der Waals surface area contributed by atoms with Crippen LogP contribution in [0, 0.1) is 0 Å². The Hall–Kier alpha value is -0.450. The molecule has 0 amide bonds. The number of furan rings is 1. The molecule has 3 nitrogen and oxygen atoms in total. The fourth-order valence-electron chi connectivity index (χ4n) is 1.51. The van der Waals surface area contributed by atoms with Crippen LogP contribution in [0.15, 0.2) is 16.5 Å². The molecule has 0 spiro atoms. The first-order chi connectivity index (χ1) is 7.80. The fourth-order valence-corrected chi connectivity index (χ4v) is 2.18. The molecule has 0 radical (unpaired) electrons. The highest BCUT2D eigenvalue weighted by Gasteiger charge is 2.05. The van der Waals surface area contributed by atoms with Crippen LogP contribution in [0.5, 0.6) is 0 Å². The number of thioether (sulfide) groups is 1. The summed E-state index contributed by atoms with van der Waals surface area (Å²) in [5, 5.41) is 0. The Kier molecular flexibility index (Phi) is 6.61. The van der Waals surface area contributed by atoms with Gasteiger partial charge in [-0.25, -0.2) is 0 Å². The van der Waals surface area contributed by atoms with Crippen molar-refractivity contribution in [2.24, 2.45) is 5.73 Å². The lowest BCUT2D eigenvalue weighted by atomic mass is 10.4. The number of nitrogens with two attached hydrogens (primary N) is 1. The summed E-state index contributed by atoms with van der Waals surface area (Å²) < 4.78 is 5.76. The van der Waals surface area contributed by atoms with Gasteiger partial charge in [0.1, 0.15) is 11.5 Å². The summed E-state index contributed by atoms with van der Waals surface area (Å²) in [6, 6.07) is 4.15. The summed E-state index contributed by atoms with van der Waals surface area (Å²) in [4.78, 5) is 2.34. The van der Waals surface area contributed by atoms with Gasteiger partial charge in [-0.2, -0.15) is 11.8 Å². The maximum absolute atomic E-state index is 5.76. The monoisotopic (exact) mass is 242 g/mol. The second-order valence-corrected chi connectivity index (χ2v) is 4.78. The van der Waals surface area contributed by atoms with E-state index in [0.717, 1.165) is 49.2 Å². The highest BCUT2D eigenvalue weighted by atomic mass is 32.2. The zero-order valence-corrected chi connectivity index (χ0v) is 11.1. The van der Waals surface area contributed by atoms with Crippen molar-refractivity contribution in [3.05, 3.63) is 23.7 Å². The maximum atomic E-state index is 5.76. The second kappa shape index (κ2) is 7.76. The topological polar surface area (TPSA) is 42.4 Å². The van der Waals surface area contributed by atoms with Gasteiger partial charge in [0.15, 0.2) is 0 Å². The molecule has 4 heteroatoms. The second-order valence-electron chi connectivity index (χ2n) is 3.67. The van der Waals surface area contributed by atoms with Gasteiger partial charge >= 0.3 is 0 Å². The van der Waals surface area contributed by atoms with Gasteiger partial charge in [-0.05, 0) is 25.2 Å². The van der Waals surface area contributed by atoms with Gasteiger partial charge in [0.05, 0.1) is 12.3 Å². The van der Waals surface area contributed by atoms with Crippen molar-refractivity contribution in [1.82, 2.24) is 4.90 Å². The average Bonchev–Trinajstić information content (AvgIpc) is 2.74.